The molecule has 0 saturated heterocycles. The number of rotatable bonds is 6. The molecule has 0 spiro atoms. The van der Waals surface area contributed by atoms with E-state index in [0.717, 1.165) is 11.1 Å². The summed E-state index contributed by atoms with van der Waals surface area (Å²) < 4.78 is 0. The minimum Gasteiger partial charge on any atom is -0.375 e. The minimum atomic E-state index is -1.91. The van der Waals surface area contributed by atoms with E-state index in [1.54, 1.807) is 35.2 Å². The molecule has 1 aliphatic rings. The van der Waals surface area contributed by atoms with E-state index in [0.29, 0.717) is 23.7 Å². The number of hydrogen-bond donors (Lipinski definition) is 1. The Morgan fingerprint density at radius 1 is 1.10 bits per heavy atom. The van der Waals surface area contributed by atoms with E-state index in [-0.39, 0.29) is 17.9 Å². The normalized spacial score (nSPS) is 17.8. The van der Waals surface area contributed by atoms with E-state index < -0.39 is 11.5 Å². The number of Topliss-reactive ketones (excluding diaryl/α,β-unsaturated/α-hetero) is 1. The third kappa shape index (κ3) is 3.77. The van der Waals surface area contributed by atoms with Crippen molar-refractivity contribution in [3.63, 3.8) is 0 Å². The van der Waals surface area contributed by atoms with Crippen molar-refractivity contribution in [2.75, 3.05) is 4.90 Å². The monoisotopic (exact) mass is 414 g/mol. The molecule has 5 nitrogen and oxygen atoms in total. The summed E-state index contributed by atoms with van der Waals surface area (Å²) in [6.45, 7) is 6.62. The fourth-order valence-corrected chi connectivity index (χ4v) is 4.08. The Kier molecular flexibility index (Phi) is 5.46. The van der Waals surface area contributed by atoms with Crippen molar-refractivity contribution in [3.05, 3.63) is 94.8 Å². The van der Waals surface area contributed by atoms with Crippen molar-refractivity contribution >= 4 is 17.4 Å². The number of ketones is 1. The molecule has 1 amide bonds. The van der Waals surface area contributed by atoms with E-state index in [1.807, 2.05) is 19.1 Å². The maximum atomic E-state index is 13.5. The zero-order valence-corrected chi connectivity index (χ0v) is 18.0. The summed E-state index contributed by atoms with van der Waals surface area (Å²) >= 11 is 0. The number of pyridine rings is 1. The van der Waals surface area contributed by atoms with E-state index in [9.17, 15) is 14.7 Å². The molecule has 0 radical (unpaired) electrons. The van der Waals surface area contributed by atoms with Crippen LogP contribution in [0.15, 0.2) is 66.9 Å². The Morgan fingerprint density at radius 2 is 1.84 bits per heavy atom. The molecular weight excluding hydrogens is 388 g/mol. The first-order valence-corrected chi connectivity index (χ1v) is 10.5. The van der Waals surface area contributed by atoms with E-state index in [2.05, 4.69) is 37.0 Å². The maximum Gasteiger partial charge on any atom is 0.264 e. The fourth-order valence-electron chi connectivity index (χ4n) is 4.08. The van der Waals surface area contributed by atoms with Crippen LogP contribution < -0.4 is 4.90 Å². The van der Waals surface area contributed by atoms with Crippen LogP contribution in [-0.4, -0.2) is 21.8 Å². The molecule has 2 aromatic carbocycles. The number of benzene rings is 2. The van der Waals surface area contributed by atoms with Crippen LogP contribution in [0.2, 0.25) is 0 Å². The Hall–Kier alpha value is -3.31. The third-order valence-corrected chi connectivity index (χ3v) is 5.97. The van der Waals surface area contributed by atoms with Crippen molar-refractivity contribution in [2.24, 2.45) is 0 Å². The van der Waals surface area contributed by atoms with Gasteiger partial charge in [-0.3, -0.25) is 14.6 Å². The third-order valence-electron chi connectivity index (χ3n) is 5.97. The molecule has 0 saturated carbocycles. The van der Waals surface area contributed by atoms with Crippen LogP contribution in [-0.2, 0) is 16.9 Å². The summed E-state index contributed by atoms with van der Waals surface area (Å²) in [6.07, 6.45) is 1.18. The summed E-state index contributed by atoms with van der Waals surface area (Å²) in [5, 5.41) is 11.5. The predicted molar refractivity (Wildman–Crippen MR) is 120 cm³/mol. The number of anilines is 1. The van der Waals surface area contributed by atoms with Crippen molar-refractivity contribution < 1.29 is 14.7 Å². The molecule has 0 bridgehead atoms. The van der Waals surface area contributed by atoms with Gasteiger partial charge in [0, 0.05) is 11.8 Å². The highest BCUT2D eigenvalue weighted by Crippen LogP contribution is 2.43. The minimum absolute atomic E-state index is 0.236. The van der Waals surface area contributed by atoms with E-state index in [1.165, 1.54) is 11.8 Å². The van der Waals surface area contributed by atoms with Crippen LogP contribution in [0.1, 0.15) is 58.9 Å². The van der Waals surface area contributed by atoms with Gasteiger partial charge in [-0.25, -0.2) is 0 Å². The predicted octanol–water partition coefficient (Wildman–Crippen LogP) is 4.52. The van der Waals surface area contributed by atoms with Gasteiger partial charge in [0.25, 0.3) is 5.91 Å². The molecule has 2 heterocycles. The lowest BCUT2D eigenvalue weighted by atomic mass is 9.89. The lowest BCUT2D eigenvalue weighted by Crippen LogP contribution is -2.41. The van der Waals surface area contributed by atoms with Crippen LogP contribution in [0.5, 0.6) is 0 Å². The fraction of sp³-hybridized carbons (Fsp3) is 0.269. The van der Waals surface area contributed by atoms with Crippen molar-refractivity contribution in [1.29, 1.82) is 0 Å². The highest BCUT2D eigenvalue weighted by molar-refractivity contribution is 6.10. The molecule has 1 aliphatic heterocycles. The molecule has 3 aromatic rings. The van der Waals surface area contributed by atoms with Crippen molar-refractivity contribution in [2.45, 2.75) is 45.3 Å². The molecule has 5 heteroatoms. The number of carbonyl (C=O) groups is 2. The first-order valence-electron chi connectivity index (χ1n) is 10.5. The van der Waals surface area contributed by atoms with E-state index in [4.69, 9.17) is 0 Å². The van der Waals surface area contributed by atoms with Gasteiger partial charge in [-0.15, -0.1) is 0 Å². The summed E-state index contributed by atoms with van der Waals surface area (Å²) in [5.74, 6) is -0.479. The van der Waals surface area contributed by atoms with Gasteiger partial charge in [-0.1, -0.05) is 56.3 Å². The average molecular weight is 415 g/mol. The van der Waals surface area contributed by atoms with Gasteiger partial charge < -0.3 is 10.0 Å². The first-order chi connectivity index (χ1) is 14.8. The van der Waals surface area contributed by atoms with Crippen LogP contribution in [0.25, 0.3) is 0 Å². The lowest BCUT2D eigenvalue weighted by molar-refractivity contribution is -0.136. The van der Waals surface area contributed by atoms with Gasteiger partial charge in [-0.05, 0) is 47.7 Å². The van der Waals surface area contributed by atoms with Gasteiger partial charge in [0.15, 0.2) is 11.4 Å². The van der Waals surface area contributed by atoms with Gasteiger partial charge in [0.05, 0.1) is 18.7 Å². The Labute approximate surface area is 182 Å². The number of aliphatic hydroxyl groups is 1. The Balaban J connectivity index is 1.70. The Morgan fingerprint density at radius 3 is 2.55 bits per heavy atom. The smallest absolute Gasteiger partial charge is 0.264 e. The highest BCUT2D eigenvalue weighted by Gasteiger charge is 2.50. The molecule has 1 N–H and O–H groups in total. The zero-order chi connectivity index (χ0) is 22.2. The van der Waals surface area contributed by atoms with Gasteiger partial charge in [0.2, 0.25) is 0 Å². The summed E-state index contributed by atoms with van der Waals surface area (Å²) in [4.78, 5) is 32.0. The summed E-state index contributed by atoms with van der Waals surface area (Å²) in [5.41, 5.74) is 2.72. The molecule has 1 atom stereocenters. The number of fused-ring (bicyclic) bond motifs is 1. The number of aromatic nitrogens is 1. The molecule has 31 heavy (non-hydrogen) atoms. The molecule has 4 rings (SSSR count). The molecule has 1 aromatic heterocycles. The quantitative estimate of drug-likeness (QED) is 0.602. The number of para-hydroxylation sites is 1. The molecule has 158 valence electrons. The topological polar surface area (TPSA) is 70.5 Å². The second-order valence-electron chi connectivity index (χ2n) is 8.42. The first kappa shape index (κ1) is 20.9. The SMILES string of the molecule is Cc1ccc(C(C)C)cc1CN1C(=O)C(O)(CC(=O)c2ccccn2)c2ccccc21. The largest absolute Gasteiger partial charge is 0.375 e. The Bertz CT molecular complexity index is 1140. The molecule has 0 aliphatic carbocycles. The zero-order valence-electron chi connectivity index (χ0n) is 18.0. The van der Waals surface area contributed by atoms with Crippen LogP contribution >= 0.6 is 0 Å². The van der Waals surface area contributed by atoms with Gasteiger partial charge in [-0.2, -0.15) is 0 Å². The van der Waals surface area contributed by atoms with E-state index >= 15 is 0 Å². The molecule has 1 unspecified atom stereocenters. The van der Waals surface area contributed by atoms with Gasteiger partial charge in [0.1, 0.15) is 5.69 Å². The number of amides is 1. The summed E-state index contributed by atoms with van der Waals surface area (Å²) in [6, 6.07) is 18.5. The molecule has 0 fully saturated rings. The number of aryl methyl sites for hydroxylation is 1. The number of nitrogens with zero attached hydrogens (tertiary/aromatic N) is 2. The van der Waals surface area contributed by atoms with Crippen LogP contribution in [0.4, 0.5) is 5.69 Å². The second-order valence-corrected chi connectivity index (χ2v) is 8.42. The van der Waals surface area contributed by atoms with Crippen LogP contribution in [0, 0.1) is 6.92 Å². The second kappa shape index (κ2) is 8.08. The van der Waals surface area contributed by atoms with Crippen molar-refractivity contribution in [1.82, 2.24) is 4.98 Å². The standard InChI is InChI=1S/C26H26N2O3/c1-17(2)19-12-11-18(3)20(14-19)16-28-23-10-5-4-8-21(23)26(31,25(28)30)15-24(29)22-9-6-7-13-27-22/h4-14,17,31H,15-16H2,1-3H3. The summed E-state index contributed by atoms with van der Waals surface area (Å²) in [7, 11) is 0. The number of hydrogen-bond acceptors (Lipinski definition) is 4. The highest BCUT2D eigenvalue weighted by atomic mass is 16.3. The van der Waals surface area contributed by atoms with Crippen molar-refractivity contribution in [3.8, 4) is 0 Å². The van der Waals surface area contributed by atoms with Crippen LogP contribution in [0.3, 0.4) is 0 Å². The number of carbonyl (C=O) groups excluding carboxylic acids is 2. The maximum absolute atomic E-state index is 13.5. The molecular formula is C26H26N2O3. The van der Waals surface area contributed by atoms with Gasteiger partial charge >= 0.3 is 0 Å². The average Bonchev–Trinajstić information content (AvgIpc) is 2.97. The lowest BCUT2D eigenvalue weighted by Gasteiger charge is -2.23.